The van der Waals surface area contributed by atoms with Gasteiger partial charge in [0.05, 0.1) is 33.0 Å². The van der Waals surface area contributed by atoms with Crippen molar-refractivity contribution >= 4 is 17.7 Å². The summed E-state index contributed by atoms with van der Waals surface area (Å²) in [5, 5.41) is 8.53. The van der Waals surface area contributed by atoms with Crippen LogP contribution in [0.3, 0.4) is 0 Å². The number of carboxylic acids is 1. The lowest BCUT2D eigenvalue weighted by atomic mass is 10.3. The highest BCUT2D eigenvalue weighted by Gasteiger charge is 2.14. The molecule has 0 amide bonds. The quantitative estimate of drug-likeness (QED) is 0.469. The highest BCUT2D eigenvalue weighted by molar-refractivity contribution is 8.00. The molecule has 0 aliphatic rings. The molecule has 0 aromatic heterocycles. The first-order valence-corrected chi connectivity index (χ1v) is 8.34. The van der Waals surface area contributed by atoms with E-state index in [-0.39, 0.29) is 5.25 Å². The second-order valence-corrected chi connectivity index (χ2v) is 5.61. The van der Waals surface area contributed by atoms with Crippen LogP contribution in [-0.4, -0.2) is 61.7 Å². The number of thioether (sulfide) groups is 1. The third kappa shape index (κ3) is 12.7. The lowest BCUT2D eigenvalue weighted by Gasteiger charge is -2.09. The van der Waals surface area contributed by atoms with Crippen LogP contribution in [0.4, 0.5) is 0 Å². The van der Waals surface area contributed by atoms with Gasteiger partial charge in [-0.15, -0.1) is 11.8 Å². The summed E-state index contributed by atoms with van der Waals surface area (Å²) >= 11 is 1.42. The minimum absolute atomic E-state index is 0.324. The largest absolute Gasteiger partial charge is 0.480 e. The van der Waals surface area contributed by atoms with Gasteiger partial charge in [0.15, 0.2) is 0 Å². The smallest absolute Gasteiger partial charge is 0.316 e. The lowest BCUT2D eigenvalue weighted by molar-refractivity contribution is -0.136. The standard InChI is InChI=1S/C14H28O5S/c1-3-5-6-17-7-8-18-9-10-19-11-12-20-13(4-2)14(15)16/h13H,3-12H2,1-2H3,(H,15,16). The normalized spacial score (nSPS) is 12.5. The second kappa shape index (κ2) is 15.1. The van der Waals surface area contributed by atoms with Crippen molar-refractivity contribution in [1.82, 2.24) is 0 Å². The van der Waals surface area contributed by atoms with Crippen LogP contribution < -0.4 is 0 Å². The molecule has 0 aromatic carbocycles. The Labute approximate surface area is 126 Å². The van der Waals surface area contributed by atoms with Crippen LogP contribution in [0.5, 0.6) is 0 Å². The Balaban J connectivity index is 3.15. The van der Waals surface area contributed by atoms with Crippen molar-refractivity contribution < 1.29 is 24.1 Å². The van der Waals surface area contributed by atoms with Gasteiger partial charge in [0, 0.05) is 12.4 Å². The highest BCUT2D eigenvalue weighted by Crippen LogP contribution is 2.14. The maximum Gasteiger partial charge on any atom is 0.316 e. The maximum atomic E-state index is 10.8. The van der Waals surface area contributed by atoms with Crippen molar-refractivity contribution in [2.24, 2.45) is 0 Å². The van der Waals surface area contributed by atoms with Crippen LogP contribution in [-0.2, 0) is 19.0 Å². The van der Waals surface area contributed by atoms with Crippen LogP contribution in [0.25, 0.3) is 0 Å². The number of hydrogen-bond donors (Lipinski definition) is 1. The fourth-order valence-corrected chi connectivity index (χ4v) is 2.28. The van der Waals surface area contributed by atoms with E-state index in [4.69, 9.17) is 19.3 Å². The van der Waals surface area contributed by atoms with Crippen molar-refractivity contribution in [3.8, 4) is 0 Å². The van der Waals surface area contributed by atoms with E-state index in [0.29, 0.717) is 45.2 Å². The molecule has 0 rings (SSSR count). The van der Waals surface area contributed by atoms with E-state index < -0.39 is 5.97 Å². The van der Waals surface area contributed by atoms with Crippen LogP contribution in [0, 0.1) is 0 Å². The maximum absolute atomic E-state index is 10.8. The third-order valence-corrected chi connectivity index (χ3v) is 3.92. The number of rotatable bonds is 15. The molecule has 20 heavy (non-hydrogen) atoms. The Bertz CT molecular complexity index is 226. The third-order valence-electron chi connectivity index (χ3n) is 2.58. The summed E-state index contributed by atoms with van der Waals surface area (Å²) in [5.74, 6) is -0.0470. The van der Waals surface area contributed by atoms with Gasteiger partial charge in [-0.2, -0.15) is 0 Å². The van der Waals surface area contributed by atoms with Gasteiger partial charge in [-0.05, 0) is 12.8 Å². The van der Waals surface area contributed by atoms with Crippen molar-refractivity contribution in [3.63, 3.8) is 0 Å². The summed E-state index contributed by atoms with van der Waals surface area (Å²) in [4.78, 5) is 10.8. The van der Waals surface area contributed by atoms with E-state index in [0.717, 1.165) is 19.4 Å². The fraction of sp³-hybridized carbons (Fsp3) is 0.929. The number of aliphatic carboxylic acids is 1. The van der Waals surface area contributed by atoms with Gasteiger partial charge in [0.2, 0.25) is 0 Å². The number of carboxylic acid groups (broad SMARTS) is 1. The Hall–Kier alpha value is -0.300. The Kier molecular flexibility index (Phi) is 14.9. The van der Waals surface area contributed by atoms with E-state index in [1.165, 1.54) is 11.8 Å². The van der Waals surface area contributed by atoms with E-state index in [1.54, 1.807) is 0 Å². The minimum atomic E-state index is -0.746. The van der Waals surface area contributed by atoms with E-state index in [9.17, 15) is 4.79 Å². The molecule has 0 aromatic rings. The molecule has 1 N–H and O–H groups in total. The molecule has 6 heteroatoms. The van der Waals surface area contributed by atoms with Gasteiger partial charge in [0.25, 0.3) is 0 Å². The van der Waals surface area contributed by atoms with Gasteiger partial charge in [-0.1, -0.05) is 20.3 Å². The van der Waals surface area contributed by atoms with Crippen LogP contribution >= 0.6 is 11.8 Å². The van der Waals surface area contributed by atoms with Crippen LogP contribution in [0.2, 0.25) is 0 Å². The average Bonchev–Trinajstić information content (AvgIpc) is 2.43. The minimum Gasteiger partial charge on any atom is -0.480 e. The van der Waals surface area contributed by atoms with E-state index in [2.05, 4.69) is 6.92 Å². The topological polar surface area (TPSA) is 65.0 Å². The van der Waals surface area contributed by atoms with Crippen molar-refractivity contribution in [2.75, 3.05) is 45.4 Å². The van der Waals surface area contributed by atoms with Crippen molar-refractivity contribution in [1.29, 1.82) is 0 Å². The summed E-state index contributed by atoms with van der Waals surface area (Å²) < 4.78 is 16.1. The summed E-state index contributed by atoms with van der Waals surface area (Å²) in [5.41, 5.74) is 0. The predicted octanol–water partition coefficient (Wildman–Crippen LogP) is 2.43. The second-order valence-electron chi connectivity index (χ2n) is 4.30. The van der Waals surface area contributed by atoms with Gasteiger partial charge in [0.1, 0.15) is 5.25 Å². The Morgan fingerprint density at radius 1 is 1.00 bits per heavy atom. The number of unbranched alkanes of at least 4 members (excludes halogenated alkanes) is 1. The zero-order chi connectivity index (χ0) is 15.1. The molecule has 0 spiro atoms. The molecule has 0 radical (unpaired) electrons. The summed E-state index contributed by atoms with van der Waals surface area (Å²) in [6.07, 6.45) is 2.88. The molecule has 0 aliphatic heterocycles. The zero-order valence-electron chi connectivity index (χ0n) is 12.6. The monoisotopic (exact) mass is 308 g/mol. The molecule has 1 unspecified atom stereocenters. The SMILES string of the molecule is CCCCOCCOCCOCCSC(CC)C(=O)O. The van der Waals surface area contributed by atoms with Crippen LogP contribution in [0.1, 0.15) is 33.1 Å². The van der Waals surface area contributed by atoms with Crippen LogP contribution in [0.15, 0.2) is 0 Å². The van der Waals surface area contributed by atoms with Gasteiger partial charge >= 0.3 is 5.97 Å². The van der Waals surface area contributed by atoms with Gasteiger partial charge < -0.3 is 19.3 Å². The fourth-order valence-electron chi connectivity index (χ4n) is 1.40. The zero-order valence-corrected chi connectivity index (χ0v) is 13.5. The van der Waals surface area contributed by atoms with Crippen molar-refractivity contribution in [3.05, 3.63) is 0 Å². The first-order valence-electron chi connectivity index (χ1n) is 7.30. The first-order chi connectivity index (χ1) is 9.72. The molecule has 0 saturated heterocycles. The lowest BCUT2D eigenvalue weighted by Crippen LogP contribution is -2.17. The molecule has 0 fully saturated rings. The number of hydrogen-bond acceptors (Lipinski definition) is 5. The van der Waals surface area contributed by atoms with E-state index in [1.807, 2.05) is 6.92 Å². The first kappa shape index (κ1) is 19.7. The number of carbonyl (C=O) groups is 1. The highest BCUT2D eigenvalue weighted by atomic mass is 32.2. The molecule has 120 valence electrons. The van der Waals surface area contributed by atoms with E-state index >= 15 is 0 Å². The van der Waals surface area contributed by atoms with Gasteiger partial charge in [-0.3, -0.25) is 4.79 Å². The van der Waals surface area contributed by atoms with Crippen molar-refractivity contribution in [2.45, 2.75) is 38.4 Å². The molecule has 1 atom stereocenters. The predicted molar refractivity (Wildman–Crippen MR) is 81.5 cm³/mol. The average molecular weight is 308 g/mol. The Morgan fingerprint density at radius 3 is 2.05 bits per heavy atom. The molecule has 0 saturated carbocycles. The molecular weight excluding hydrogens is 280 g/mol. The molecule has 0 aliphatic carbocycles. The molecule has 5 nitrogen and oxygen atoms in total. The Morgan fingerprint density at radius 2 is 1.55 bits per heavy atom. The summed E-state index contributed by atoms with van der Waals surface area (Å²) in [6, 6.07) is 0. The van der Waals surface area contributed by atoms with Gasteiger partial charge in [-0.25, -0.2) is 0 Å². The summed E-state index contributed by atoms with van der Waals surface area (Å²) in [6.45, 7) is 7.70. The molecule has 0 bridgehead atoms. The number of ether oxygens (including phenoxy) is 3. The summed E-state index contributed by atoms with van der Waals surface area (Å²) in [7, 11) is 0. The molecule has 0 heterocycles. The molecular formula is C14H28O5S.